The molecule has 0 aromatic carbocycles. The first-order valence-corrected chi connectivity index (χ1v) is 8.59. The van der Waals surface area contributed by atoms with E-state index in [-0.39, 0.29) is 0 Å². The molecular formula is C17H32N2. The van der Waals surface area contributed by atoms with Crippen molar-refractivity contribution >= 4 is 0 Å². The van der Waals surface area contributed by atoms with Crippen molar-refractivity contribution in [1.82, 2.24) is 10.2 Å². The summed E-state index contributed by atoms with van der Waals surface area (Å²) in [5, 5.41) is 3.44. The molecule has 3 rings (SSSR count). The predicted octanol–water partition coefficient (Wildman–Crippen LogP) is 3.28. The van der Waals surface area contributed by atoms with E-state index < -0.39 is 0 Å². The second-order valence-electron chi connectivity index (χ2n) is 7.82. The SMILES string of the molecule is CNC1CC2(CCN(CC3CCC(C)CC3)CC2)C1. The van der Waals surface area contributed by atoms with Crippen molar-refractivity contribution in [2.45, 2.75) is 64.3 Å². The first kappa shape index (κ1) is 13.9. The molecular weight excluding hydrogens is 232 g/mol. The number of piperidine rings is 1. The summed E-state index contributed by atoms with van der Waals surface area (Å²) in [6.45, 7) is 6.58. The van der Waals surface area contributed by atoms with Crippen molar-refractivity contribution in [2.75, 3.05) is 26.7 Å². The van der Waals surface area contributed by atoms with E-state index in [1.54, 1.807) is 0 Å². The van der Waals surface area contributed by atoms with Gasteiger partial charge in [-0.3, -0.25) is 0 Å². The summed E-state index contributed by atoms with van der Waals surface area (Å²) >= 11 is 0. The Hall–Kier alpha value is -0.0800. The van der Waals surface area contributed by atoms with Crippen LogP contribution in [0.2, 0.25) is 0 Å². The number of rotatable bonds is 3. The summed E-state index contributed by atoms with van der Waals surface area (Å²) in [6, 6.07) is 0.825. The molecule has 0 aromatic heterocycles. The van der Waals surface area contributed by atoms with E-state index in [0.29, 0.717) is 0 Å². The van der Waals surface area contributed by atoms with E-state index in [2.05, 4.69) is 24.2 Å². The average molecular weight is 264 g/mol. The Bertz CT molecular complexity index is 278. The first-order chi connectivity index (χ1) is 9.19. The molecule has 0 amide bonds. The molecule has 19 heavy (non-hydrogen) atoms. The van der Waals surface area contributed by atoms with Crippen molar-refractivity contribution in [3.05, 3.63) is 0 Å². The normalized spacial score (nSPS) is 36.3. The fourth-order valence-electron chi connectivity index (χ4n) is 4.68. The van der Waals surface area contributed by atoms with E-state index in [1.165, 1.54) is 71.0 Å². The van der Waals surface area contributed by atoms with Gasteiger partial charge < -0.3 is 10.2 Å². The van der Waals surface area contributed by atoms with E-state index in [1.807, 2.05) is 0 Å². The monoisotopic (exact) mass is 264 g/mol. The summed E-state index contributed by atoms with van der Waals surface area (Å²) in [5.74, 6) is 2.01. The standard InChI is InChI=1S/C17H32N2/c1-14-3-5-15(6-4-14)13-19-9-7-17(8-10-19)11-16(12-17)18-2/h14-16,18H,3-13H2,1-2H3. The molecule has 2 saturated carbocycles. The van der Waals surface area contributed by atoms with E-state index in [4.69, 9.17) is 0 Å². The van der Waals surface area contributed by atoms with Crippen LogP contribution in [0.5, 0.6) is 0 Å². The molecule has 0 unspecified atom stereocenters. The highest BCUT2D eigenvalue weighted by Gasteiger charge is 2.45. The van der Waals surface area contributed by atoms with Gasteiger partial charge in [0.15, 0.2) is 0 Å². The van der Waals surface area contributed by atoms with Crippen molar-refractivity contribution in [2.24, 2.45) is 17.3 Å². The Morgan fingerprint density at radius 2 is 1.68 bits per heavy atom. The van der Waals surface area contributed by atoms with Gasteiger partial charge >= 0.3 is 0 Å². The highest BCUT2D eigenvalue weighted by molar-refractivity contribution is 5.00. The van der Waals surface area contributed by atoms with Gasteiger partial charge in [-0.2, -0.15) is 0 Å². The fraction of sp³-hybridized carbons (Fsp3) is 1.00. The van der Waals surface area contributed by atoms with E-state index in [0.717, 1.165) is 23.3 Å². The lowest BCUT2D eigenvalue weighted by Gasteiger charge is -2.52. The zero-order valence-electron chi connectivity index (χ0n) is 13.0. The van der Waals surface area contributed by atoms with Gasteiger partial charge in [0.05, 0.1) is 0 Å². The van der Waals surface area contributed by atoms with Gasteiger partial charge in [-0.25, -0.2) is 0 Å². The predicted molar refractivity (Wildman–Crippen MR) is 81.3 cm³/mol. The van der Waals surface area contributed by atoms with Crippen LogP contribution in [0.4, 0.5) is 0 Å². The molecule has 1 aliphatic heterocycles. The molecule has 2 aliphatic carbocycles. The molecule has 0 bridgehead atoms. The second-order valence-corrected chi connectivity index (χ2v) is 7.82. The summed E-state index contributed by atoms with van der Waals surface area (Å²) < 4.78 is 0. The van der Waals surface area contributed by atoms with E-state index in [9.17, 15) is 0 Å². The molecule has 0 atom stereocenters. The molecule has 2 heteroatoms. The molecule has 1 N–H and O–H groups in total. The second kappa shape index (κ2) is 5.73. The molecule has 1 saturated heterocycles. The van der Waals surface area contributed by atoms with Crippen molar-refractivity contribution in [3.63, 3.8) is 0 Å². The lowest BCUT2D eigenvalue weighted by molar-refractivity contribution is 0.00207. The number of nitrogens with one attached hydrogen (secondary N) is 1. The van der Waals surface area contributed by atoms with Crippen LogP contribution in [0.1, 0.15) is 58.3 Å². The molecule has 1 heterocycles. The lowest BCUT2D eigenvalue weighted by atomic mass is 9.60. The van der Waals surface area contributed by atoms with Crippen LogP contribution < -0.4 is 5.32 Å². The largest absolute Gasteiger partial charge is 0.317 e. The van der Waals surface area contributed by atoms with Crippen LogP contribution in [-0.2, 0) is 0 Å². The van der Waals surface area contributed by atoms with Gasteiger partial charge in [-0.15, -0.1) is 0 Å². The Morgan fingerprint density at radius 1 is 1.05 bits per heavy atom. The van der Waals surface area contributed by atoms with Crippen LogP contribution >= 0.6 is 0 Å². The van der Waals surface area contributed by atoms with Crippen LogP contribution in [-0.4, -0.2) is 37.6 Å². The molecule has 2 nitrogen and oxygen atoms in total. The minimum absolute atomic E-state index is 0.741. The highest BCUT2D eigenvalue weighted by atomic mass is 15.1. The number of hydrogen-bond acceptors (Lipinski definition) is 2. The Kier molecular flexibility index (Phi) is 4.19. The molecule has 0 aromatic rings. The maximum Gasteiger partial charge on any atom is 0.00746 e. The number of nitrogens with zero attached hydrogens (tertiary/aromatic N) is 1. The van der Waals surface area contributed by atoms with Crippen LogP contribution in [0, 0.1) is 17.3 Å². The Morgan fingerprint density at radius 3 is 2.26 bits per heavy atom. The third-order valence-corrected chi connectivity index (χ3v) is 6.34. The lowest BCUT2D eigenvalue weighted by Crippen LogP contribution is -2.53. The molecule has 3 fully saturated rings. The molecule has 1 spiro atoms. The zero-order chi connectivity index (χ0) is 13.3. The Balaban J connectivity index is 1.39. The number of hydrogen-bond donors (Lipinski definition) is 1. The van der Waals surface area contributed by atoms with Crippen LogP contribution in [0.25, 0.3) is 0 Å². The molecule has 110 valence electrons. The Labute approximate surface area is 119 Å². The van der Waals surface area contributed by atoms with E-state index >= 15 is 0 Å². The quantitative estimate of drug-likeness (QED) is 0.841. The summed E-state index contributed by atoms with van der Waals surface area (Å²) in [4.78, 5) is 2.78. The van der Waals surface area contributed by atoms with Crippen molar-refractivity contribution < 1.29 is 0 Å². The maximum absolute atomic E-state index is 3.44. The molecule has 0 radical (unpaired) electrons. The van der Waals surface area contributed by atoms with Crippen molar-refractivity contribution in [1.29, 1.82) is 0 Å². The average Bonchev–Trinajstić information content (AvgIpc) is 2.40. The fourth-order valence-corrected chi connectivity index (χ4v) is 4.68. The van der Waals surface area contributed by atoms with Gasteiger partial charge in [-0.1, -0.05) is 19.8 Å². The van der Waals surface area contributed by atoms with Crippen LogP contribution in [0.3, 0.4) is 0 Å². The smallest absolute Gasteiger partial charge is 0.00746 e. The minimum Gasteiger partial charge on any atom is -0.317 e. The summed E-state index contributed by atoms with van der Waals surface area (Å²) in [5.41, 5.74) is 0.741. The zero-order valence-corrected chi connectivity index (χ0v) is 13.0. The van der Waals surface area contributed by atoms with Gasteiger partial charge in [0.25, 0.3) is 0 Å². The molecule has 3 aliphatic rings. The summed E-state index contributed by atoms with van der Waals surface area (Å²) in [7, 11) is 2.12. The number of likely N-dealkylation sites (tertiary alicyclic amines) is 1. The van der Waals surface area contributed by atoms with Crippen LogP contribution in [0.15, 0.2) is 0 Å². The third-order valence-electron chi connectivity index (χ3n) is 6.34. The topological polar surface area (TPSA) is 15.3 Å². The van der Waals surface area contributed by atoms with Gasteiger partial charge in [0.1, 0.15) is 0 Å². The first-order valence-electron chi connectivity index (χ1n) is 8.59. The van der Waals surface area contributed by atoms with Gasteiger partial charge in [-0.05, 0) is 75.9 Å². The highest BCUT2D eigenvalue weighted by Crippen LogP contribution is 2.49. The minimum atomic E-state index is 0.741. The summed E-state index contributed by atoms with van der Waals surface area (Å²) in [6.07, 6.45) is 11.8. The van der Waals surface area contributed by atoms with Gasteiger partial charge in [0, 0.05) is 12.6 Å². The van der Waals surface area contributed by atoms with Crippen molar-refractivity contribution in [3.8, 4) is 0 Å². The maximum atomic E-state index is 3.44. The third kappa shape index (κ3) is 3.16. The van der Waals surface area contributed by atoms with Gasteiger partial charge in [0.2, 0.25) is 0 Å².